The van der Waals surface area contributed by atoms with Gasteiger partial charge in [0.15, 0.2) is 0 Å². The van der Waals surface area contributed by atoms with Crippen LogP contribution in [0.15, 0.2) is 53.1 Å². The molecule has 20 heavy (non-hydrogen) atoms. The van der Waals surface area contributed by atoms with Gasteiger partial charge in [0.1, 0.15) is 5.76 Å². The summed E-state index contributed by atoms with van der Waals surface area (Å²) in [6.45, 7) is 0.725. The summed E-state index contributed by atoms with van der Waals surface area (Å²) in [5.41, 5.74) is 1.20. The second-order valence-corrected chi connectivity index (χ2v) is 5.32. The first-order chi connectivity index (χ1) is 9.83. The summed E-state index contributed by atoms with van der Waals surface area (Å²) in [5.74, 6) is 1.11. The average Bonchev–Trinajstić information content (AvgIpc) is 3.19. The lowest BCUT2D eigenvalue weighted by Gasteiger charge is -2.22. The number of aryl methyl sites for hydroxylation is 1. The molecule has 0 spiro atoms. The highest BCUT2D eigenvalue weighted by molar-refractivity contribution is 5.77. The molecule has 104 valence electrons. The number of benzene rings is 1. The van der Waals surface area contributed by atoms with Crippen molar-refractivity contribution in [1.82, 2.24) is 4.90 Å². The van der Waals surface area contributed by atoms with Gasteiger partial charge < -0.3 is 9.32 Å². The summed E-state index contributed by atoms with van der Waals surface area (Å²) < 4.78 is 5.29. The van der Waals surface area contributed by atoms with Gasteiger partial charge in [0.2, 0.25) is 5.91 Å². The summed E-state index contributed by atoms with van der Waals surface area (Å²) in [6, 6.07) is 14.4. The molecule has 1 fully saturated rings. The Hall–Kier alpha value is -2.03. The van der Waals surface area contributed by atoms with Crippen LogP contribution in [-0.2, 0) is 17.8 Å². The maximum absolute atomic E-state index is 12.4. The molecule has 0 aliphatic heterocycles. The van der Waals surface area contributed by atoms with Crippen molar-refractivity contribution in [3.05, 3.63) is 60.1 Å². The molecule has 3 nitrogen and oxygen atoms in total. The fourth-order valence-electron chi connectivity index (χ4n) is 2.42. The van der Waals surface area contributed by atoms with Gasteiger partial charge in [-0.15, -0.1) is 0 Å². The van der Waals surface area contributed by atoms with Crippen molar-refractivity contribution < 1.29 is 9.21 Å². The Bertz CT molecular complexity index is 544. The number of hydrogen-bond acceptors (Lipinski definition) is 2. The first-order valence-electron chi connectivity index (χ1n) is 7.19. The topological polar surface area (TPSA) is 33.5 Å². The first kappa shape index (κ1) is 13.0. The second kappa shape index (κ2) is 5.95. The van der Waals surface area contributed by atoms with Crippen LogP contribution in [0, 0.1) is 0 Å². The van der Waals surface area contributed by atoms with Crippen molar-refractivity contribution >= 4 is 5.91 Å². The summed E-state index contributed by atoms with van der Waals surface area (Å²) in [6.07, 6.45) is 5.14. The molecule has 3 rings (SSSR count). The normalized spacial score (nSPS) is 14.2. The maximum Gasteiger partial charge on any atom is 0.223 e. The predicted molar refractivity (Wildman–Crippen MR) is 77.0 cm³/mol. The molecule has 2 aromatic rings. The molecule has 0 N–H and O–H groups in total. The smallest absolute Gasteiger partial charge is 0.223 e. The van der Waals surface area contributed by atoms with Crippen LogP contribution in [0.1, 0.15) is 30.6 Å². The lowest BCUT2D eigenvalue weighted by Crippen LogP contribution is -2.32. The van der Waals surface area contributed by atoms with E-state index in [9.17, 15) is 4.79 Å². The van der Waals surface area contributed by atoms with Crippen LogP contribution in [0.2, 0.25) is 0 Å². The Morgan fingerprint density at radius 2 is 1.95 bits per heavy atom. The third-order valence-electron chi connectivity index (χ3n) is 3.67. The van der Waals surface area contributed by atoms with Gasteiger partial charge in [0.25, 0.3) is 0 Å². The summed E-state index contributed by atoms with van der Waals surface area (Å²) in [4.78, 5) is 14.4. The maximum atomic E-state index is 12.4. The lowest BCUT2D eigenvalue weighted by molar-refractivity contribution is -0.132. The molecular weight excluding hydrogens is 250 g/mol. The highest BCUT2D eigenvalue weighted by Crippen LogP contribution is 2.29. The number of hydrogen-bond donors (Lipinski definition) is 0. The molecule has 1 aliphatic rings. The highest BCUT2D eigenvalue weighted by Gasteiger charge is 2.32. The summed E-state index contributed by atoms with van der Waals surface area (Å²) >= 11 is 0. The Morgan fingerprint density at radius 3 is 2.60 bits per heavy atom. The van der Waals surface area contributed by atoms with E-state index in [1.54, 1.807) is 6.26 Å². The van der Waals surface area contributed by atoms with Gasteiger partial charge in [-0.1, -0.05) is 30.3 Å². The van der Waals surface area contributed by atoms with Crippen LogP contribution < -0.4 is 0 Å². The van der Waals surface area contributed by atoms with Crippen LogP contribution >= 0.6 is 0 Å². The van der Waals surface area contributed by atoms with Crippen molar-refractivity contribution in [2.45, 2.75) is 38.3 Å². The van der Waals surface area contributed by atoms with E-state index in [1.807, 2.05) is 35.2 Å². The van der Waals surface area contributed by atoms with Crippen LogP contribution in [0.3, 0.4) is 0 Å². The molecule has 0 unspecified atom stereocenters. The predicted octanol–water partition coefficient (Wildman–Crippen LogP) is 3.40. The molecule has 3 heteroatoms. The fourth-order valence-corrected chi connectivity index (χ4v) is 2.42. The van der Waals surface area contributed by atoms with Crippen molar-refractivity contribution in [1.29, 1.82) is 0 Å². The Morgan fingerprint density at radius 1 is 1.15 bits per heavy atom. The van der Waals surface area contributed by atoms with Gasteiger partial charge in [-0.25, -0.2) is 0 Å². The van der Waals surface area contributed by atoms with E-state index in [-0.39, 0.29) is 5.91 Å². The quantitative estimate of drug-likeness (QED) is 0.805. The van der Waals surface area contributed by atoms with Crippen LogP contribution in [0.4, 0.5) is 0 Å². The third-order valence-corrected chi connectivity index (χ3v) is 3.67. The number of nitrogens with zero attached hydrogens (tertiary/aromatic N) is 1. The SMILES string of the molecule is O=C(CCc1ccco1)N(Cc1ccccc1)C1CC1. The highest BCUT2D eigenvalue weighted by atomic mass is 16.3. The average molecular weight is 269 g/mol. The summed E-state index contributed by atoms with van der Waals surface area (Å²) in [5, 5.41) is 0. The first-order valence-corrected chi connectivity index (χ1v) is 7.19. The monoisotopic (exact) mass is 269 g/mol. The Balaban J connectivity index is 1.60. The van der Waals surface area contributed by atoms with E-state index in [2.05, 4.69) is 12.1 Å². The van der Waals surface area contributed by atoms with E-state index >= 15 is 0 Å². The number of rotatable bonds is 6. The number of amides is 1. The van der Waals surface area contributed by atoms with Crippen LogP contribution in [0.5, 0.6) is 0 Å². The molecule has 1 aromatic heterocycles. The lowest BCUT2D eigenvalue weighted by atomic mass is 10.2. The Kier molecular flexibility index (Phi) is 3.86. The van der Waals surface area contributed by atoms with E-state index in [0.717, 1.165) is 25.1 Å². The number of furan rings is 1. The van der Waals surface area contributed by atoms with E-state index in [4.69, 9.17) is 4.42 Å². The van der Waals surface area contributed by atoms with E-state index in [0.29, 0.717) is 18.9 Å². The molecule has 1 aromatic carbocycles. The zero-order valence-corrected chi connectivity index (χ0v) is 11.5. The minimum Gasteiger partial charge on any atom is -0.469 e. The molecule has 0 atom stereocenters. The van der Waals surface area contributed by atoms with Gasteiger partial charge >= 0.3 is 0 Å². The zero-order valence-electron chi connectivity index (χ0n) is 11.5. The van der Waals surface area contributed by atoms with Gasteiger partial charge in [0.05, 0.1) is 6.26 Å². The van der Waals surface area contributed by atoms with Gasteiger partial charge in [-0.2, -0.15) is 0 Å². The molecule has 1 aliphatic carbocycles. The van der Waals surface area contributed by atoms with E-state index in [1.165, 1.54) is 5.56 Å². The second-order valence-electron chi connectivity index (χ2n) is 5.32. The molecule has 1 amide bonds. The minimum atomic E-state index is 0.229. The van der Waals surface area contributed by atoms with Crippen molar-refractivity contribution in [2.24, 2.45) is 0 Å². The zero-order chi connectivity index (χ0) is 13.8. The van der Waals surface area contributed by atoms with Crippen molar-refractivity contribution in [3.8, 4) is 0 Å². The molecule has 0 bridgehead atoms. The van der Waals surface area contributed by atoms with E-state index < -0.39 is 0 Å². The van der Waals surface area contributed by atoms with Crippen LogP contribution in [0.25, 0.3) is 0 Å². The van der Waals surface area contributed by atoms with Crippen LogP contribution in [-0.4, -0.2) is 16.8 Å². The Labute approximate surface area is 119 Å². The largest absolute Gasteiger partial charge is 0.469 e. The van der Waals surface area contributed by atoms with Gasteiger partial charge in [0, 0.05) is 25.4 Å². The van der Waals surface area contributed by atoms with Gasteiger partial charge in [-0.05, 0) is 30.5 Å². The standard InChI is InChI=1S/C17H19NO2/c19-17(11-10-16-7-4-12-20-16)18(15-8-9-15)13-14-5-2-1-3-6-14/h1-7,12,15H,8-11,13H2. The fraction of sp³-hybridized carbons (Fsp3) is 0.353. The molecule has 0 radical (unpaired) electrons. The molecular formula is C17H19NO2. The van der Waals surface area contributed by atoms with Crippen molar-refractivity contribution in [3.63, 3.8) is 0 Å². The number of carbonyl (C=O) groups excluding carboxylic acids is 1. The summed E-state index contributed by atoms with van der Waals surface area (Å²) in [7, 11) is 0. The number of carbonyl (C=O) groups is 1. The van der Waals surface area contributed by atoms with Crippen molar-refractivity contribution in [2.75, 3.05) is 0 Å². The molecule has 1 heterocycles. The third kappa shape index (κ3) is 3.29. The van der Waals surface area contributed by atoms with Gasteiger partial charge in [-0.3, -0.25) is 4.79 Å². The molecule has 0 saturated heterocycles. The minimum absolute atomic E-state index is 0.229. The molecule has 1 saturated carbocycles.